The summed E-state index contributed by atoms with van der Waals surface area (Å²) in [6.45, 7) is 0. The van der Waals surface area contributed by atoms with Gasteiger partial charge < -0.3 is 5.73 Å². The van der Waals surface area contributed by atoms with Crippen LogP contribution < -0.4 is 5.73 Å². The second-order valence-electron chi connectivity index (χ2n) is 3.56. The summed E-state index contributed by atoms with van der Waals surface area (Å²) in [5.41, 5.74) is 7.06. The molecule has 2 aromatic heterocycles. The number of aromatic nitrogens is 1. The lowest BCUT2D eigenvalue weighted by Gasteiger charge is -2.11. The zero-order valence-electron chi connectivity index (χ0n) is 8.66. The van der Waals surface area contributed by atoms with Crippen LogP contribution in [0, 0.1) is 0 Å². The van der Waals surface area contributed by atoms with Crippen molar-refractivity contribution in [2.75, 3.05) is 0 Å². The Morgan fingerprint density at radius 1 is 1.24 bits per heavy atom. The third kappa shape index (κ3) is 3.61. The topological polar surface area (TPSA) is 38.9 Å². The quantitative estimate of drug-likeness (QED) is 0.753. The number of nitrogens with zero attached hydrogens (tertiary/aromatic N) is 1. The molecule has 0 amide bonds. The van der Waals surface area contributed by atoms with E-state index in [-0.39, 0.29) is 6.04 Å². The summed E-state index contributed by atoms with van der Waals surface area (Å²) >= 11 is 12.0. The summed E-state index contributed by atoms with van der Waals surface area (Å²) < 4.78 is 2.99. The summed E-state index contributed by atoms with van der Waals surface area (Å²) in [7, 11) is 0. The monoisotopic (exact) mass is 438 g/mol. The van der Waals surface area contributed by atoms with Crippen molar-refractivity contribution < 1.29 is 0 Å². The van der Waals surface area contributed by atoms with E-state index < -0.39 is 0 Å². The molecular weight excluding hydrogens is 432 g/mol. The maximum absolute atomic E-state index is 6.17. The second-order valence-corrected chi connectivity index (χ2v) is 7.24. The molecular formula is C11H9Br3N2S. The molecule has 0 fully saturated rings. The maximum atomic E-state index is 6.17. The summed E-state index contributed by atoms with van der Waals surface area (Å²) in [6, 6.07) is 3.96. The second kappa shape index (κ2) is 5.93. The molecule has 2 rings (SSSR count). The summed E-state index contributed by atoms with van der Waals surface area (Å²) in [4.78, 5) is 5.61. The Bertz CT molecular complexity index is 527. The number of hydrogen-bond acceptors (Lipinski definition) is 3. The summed E-state index contributed by atoms with van der Waals surface area (Å²) in [5, 5.41) is 2.06. The van der Waals surface area contributed by atoms with Crippen molar-refractivity contribution in [3.05, 3.63) is 47.7 Å². The highest BCUT2D eigenvalue weighted by Gasteiger charge is 2.13. The molecule has 0 aliphatic rings. The number of hydrogen-bond donors (Lipinski definition) is 1. The van der Waals surface area contributed by atoms with E-state index in [2.05, 4.69) is 64.2 Å². The minimum Gasteiger partial charge on any atom is -0.322 e. The van der Waals surface area contributed by atoms with Crippen molar-refractivity contribution in [2.24, 2.45) is 5.73 Å². The number of thiophene rings is 1. The molecule has 0 saturated heterocycles. The molecule has 0 aliphatic carbocycles. The van der Waals surface area contributed by atoms with Crippen LogP contribution in [0.1, 0.15) is 16.6 Å². The predicted molar refractivity (Wildman–Crippen MR) is 82.3 cm³/mol. The fraction of sp³-hybridized carbons (Fsp3) is 0.182. The van der Waals surface area contributed by atoms with E-state index in [1.54, 1.807) is 17.5 Å². The lowest BCUT2D eigenvalue weighted by molar-refractivity contribution is 0.698. The Morgan fingerprint density at radius 3 is 2.59 bits per heavy atom. The van der Waals surface area contributed by atoms with Gasteiger partial charge in [-0.15, -0.1) is 11.3 Å². The van der Waals surface area contributed by atoms with Crippen molar-refractivity contribution >= 4 is 59.1 Å². The van der Waals surface area contributed by atoms with Gasteiger partial charge in [0, 0.05) is 36.3 Å². The highest BCUT2D eigenvalue weighted by atomic mass is 79.9. The molecule has 0 bridgehead atoms. The Hall–Kier alpha value is 0.250. The molecule has 2 aromatic rings. The van der Waals surface area contributed by atoms with Crippen LogP contribution in [0.25, 0.3) is 0 Å². The third-order valence-electron chi connectivity index (χ3n) is 2.23. The van der Waals surface area contributed by atoms with Gasteiger partial charge >= 0.3 is 0 Å². The smallest absolute Gasteiger partial charge is 0.0717 e. The first-order chi connectivity index (χ1) is 8.06. The molecule has 0 aromatic carbocycles. The first-order valence-corrected chi connectivity index (χ1v) is 8.11. The van der Waals surface area contributed by atoms with Gasteiger partial charge in [-0.25, -0.2) is 0 Å². The van der Waals surface area contributed by atoms with E-state index in [9.17, 15) is 0 Å². The Morgan fingerprint density at radius 2 is 2.00 bits per heavy atom. The molecule has 6 heteroatoms. The highest BCUT2D eigenvalue weighted by molar-refractivity contribution is 9.11. The van der Waals surface area contributed by atoms with Gasteiger partial charge in [-0.05, 0) is 59.9 Å². The predicted octanol–water partition coefficient (Wildman–Crippen LogP) is 4.67. The highest BCUT2D eigenvalue weighted by Crippen LogP contribution is 2.28. The normalized spacial score (nSPS) is 12.7. The van der Waals surface area contributed by atoms with Gasteiger partial charge in [0.25, 0.3) is 0 Å². The lowest BCUT2D eigenvalue weighted by Crippen LogP contribution is -2.15. The van der Waals surface area contributed by atoms with Gasteiger partial charge in [0.2, 0.25) is 0 Å². The number of nitrogens with two attached hydrogens (primary N) is 1. The lowest BCUT2D eigenvalue weighted by atomic mass is 10.1. The van der Waals surface area contributed by atoms with Crippen LogP contribution in [0.3, 0.4) is 0 Å². The van der Waals surface area contributed by atoms with E-state index in [0.29, 0.717) is 0 Å². The largest absolute Gasteiger partial charge is 0.322 e. The van der Waals surface area contributed by atoms with Crippen molar-refractivity contribution in [1.29, 1.82) is 0 Å². The minimum absolute atomic E-state index is 0.0944. The molecule has 1 unspecified atom stereocenters. The standard InChI is InChI=1S/C11H9Br3N2S/c12-6-2-9(14)11(16-4-6)10(15)3-8-1-7(13)5-17-8/h1-2,4-5,10H,3,15H2. The van der Waals surface area contributed by atoms with Crippen LogP contribution in [-0.4, -0.2) is 4.98 Å². The first kappa shape index (κ1) is 13.7. The fourth-order valence-electron chi connectivity index (χ4n) is 1.47. The third-order valence-corrected chi connectivity index (χ3v) is 5.02. The number of rotatable bonds is 3. The SMILES string of the molecule is NC(Cc1cc(Br)cs1)c1ncc(Br)cc1Br. The molecule has 0 aliphatic heterocycles. The summed E-state index contributed by atoms with van der Waals surface area (Å²) in [6.07, 6.45) is 2.56. The van der Waals surface area contributed by atoms with Crippen LogP contribution in [0.15, 0.2) is 37.1 Å². The molecule has 2 heterocycles. The molecule has 1 atom stereocenters. The molecule has 0 spiro atoms. The van der Waals surface area contributed by atoms with Gasteiger partial charge in [-0.3, -0.25) is 4.98 Å². The molecule has 2 N–H and O–H groups in total. The molecule has 0 radical (unpaired) electrons. The van der Waals surface area contributed by atoms with Crippen LogP contribution in [0.4, 0.5) is 0 Å². The zero-order valence-corrected chi connectivity index (χ0v) is 14.2. The van der Waals surface area contributed by atoms with E-state index >= 15 is 0 Å². The molecule has 90 valence electrons. The molecule has 2 nitrogen and oxygen atoms in total. The van der Waals surface area contributed by atoms with E-state index in [0.717, 1.165) is 25.5 Å². The number of halogens is 3. The molecule has 0 saturated carbocycles. The fourth-order valence-corrected chi connectivity index (χ4v) is 4.26. The van der Waals surface area contributed by atoms with E-state index in [1.165, 1.54) is 4.88 Å². The van der Waals surface area contributed by atoms with Gasteiger partial charge in [0.1, 0.15) is 0 Å². The Labute approximate surface area is 129 Å². The Kier molecular flexibility index (Phi) is 4.77. The van der Waals surface area contributed by atoms with Gasteiger partial charge in [0.05, 0.1) is 11.7 Å². The average Bonchev–Trinajstić information content (AvgIpc) is 2.63. The van der Waals surface area contributed by atoms with Gasteiger partial charge in [0.15, 0.2) is 0 Å². The Balaban J connectivity index is 2.17. The first-order valence-electron chi connectivity index (χ1n) is 4.85. The van der Waals surface area contributed by atoms with Gasteiger partial charge in [-0.2, -0.15) is 0 Å². The zero-order chi connectivity index (χ0) is 12.4. The van der Waals surface area contributed by atoms with Crippen LogP contribution in [0.5, 0.6) is 0 Å². The maximum Gasteiger partial charge on any atom is 0.0717 e. The minimum atomic E-state index is -0.0944. The van der Waals surface area contributed by atoms with E-state index in [4.69, 9.17) is 5.73 Å². The van der Waals surface area contributed by atoms with Crippen molar-refractivity contribution in [1.82, 2.24) is 4.98 Å². The van der Waals surface area contributed by atoms with Crippen LogP contribution in [0.2, 0.25) is 0 Å². The van der Waals surface area contributed by atoms with Gasteiger partial charge in [-0.1, -0.05) is 0 Å². The molecule has 17 heavy (non-hydrogen) atoms. The van der Waals surface area contributed by atoms with Crippen LogP contribution in [-0.2, 0) is 6.42 Å². The number of pyridine rings is 1. The van der Waals surface area contributed by atoms with Crippen LogP contribution >= 0.6 is 59.1 Å². The van der Waals surface area contributed by atoms with Crippen molar-refractivity contribution in [3.63, 3.8) is 0 Å². The van der Waals surface area contributed by atoms with E-state index in [1.807, 2.05) is 6.07 Å². The summed E-state index contributed by atoms with van der Waals surface area (Å²) in [5.74, 6) is 0. The van der Waals surface area contributed by atoms with Crippen molar-refractivity contribution in [2.45, 2.75) is 12.5 Å². The van der Waals surface area contributed by atoms with Crippen molar-refractivity contribution in [3.8, 4) is 0 Å². The average molecular weight is 441 g/mol.